The second kappa shape index (κ2) is 11.3. The minimum atomic E-state index is -0.154. The van der Waals surface area contributed by atoms with Gasteiger partial charge in [-0.1, -0.05) is 47.1 Å². The molecule has 1 amide bonds. The van der Waals surface area contributed by atoms with Gasteiger partial charge in [0.25, 0.3) is 0 Å². The van der Waals surface area contributed by atoms with Crippen molar-refractivity contribution in [3.05, 3.63) is 88.7 Å². The van der Waals surface area contributed by atoms with Gasteiger partial charge < -0.3 is 15.4 Å². The number of carbonyl (C=O) groups is 1. The third kappa shape index (κ3) is 6.35. The van der Waals surface area contributed by atoms with Crippen LogP contribution in [0.4, 0.5) is 11.4 Å². The predicted molar refractivity (Wildman–Crippen MR) is 142 cm³/mol. The molecule has 35 heavy (non-hydrogen) atoms. The van der Waals surface area contributed by atoms with Crippen molar-refractivity contribution in [1.29, 1.82) is 0 Å². The van der Waals surface area contributed by atoms with E-state index in [9.17, 15) is 4.79 Å². The van der Waals surface area contributed by atoms with Crippen molar-refractivity contribution in [1.82, 2.24) is 14.8 Å². The summed E-state index contributed by atoms with van der Waals surface area (Å²) in [6, 6.07) is 21.3. The monoisotopic (exact) mass is 507 g/mol. The van der Waals surface area contributed by atoms with Crippen LogP contribution in [-0.2, 0) is 11.3 Å². The number of benzene rings is 3. The first-order valence-electron chi connectivity index (χ1n) is 11.0. The van der Waals surface area contributed by atoms with E-state index in [4.69, 9.17) is 16.3 Å². The van der Waals surface area contributed by atoms with Crippen LogP contribution < -0.4 is 15.4 Å². The van der Waals surface area contributed by atoms with Gasteiger partial charge >= 0.3 is 0 Å². The molecule has 3 aromatic carbocycles. The predicted octanol–water partition coefficient (Wildman–Crippen LogP) is 5.89. The van der Waals surface area contributed by atoms with Crippen molar-refractivity contribution in [3.63, 3.8) is 0 Å². The molecular weight excluding hydrogens is 482 g/mol. The zero-order valence-corrected chi connectivity index (χ0v) is 21.3. The van der Waals surface area contributed by atoms with Gasteiger partial charge in [-0.2, -0.15) is 0 Å². The Labute approximate surface area is 213 Å². The molecule has 0 aliphatic carbocycles. The number of rotatable bonds is 9. The van der Waals surface area contributed by atoms with E-state index < -0.39 is 0 Å². The average molecular weight is 508 g/mol. The lowest BCUT2D eigenvalue weighted by Gasteiger charge is -2.12. The number of thioether (sulfide) groups is 1. The Balaban J connectivity index is 1.51. The summed E-state index contributed by atoms with van der Waals surface area (Å²) in [5.41, 5.74) is 4.68. The first-order chi connectivity index (χ1) is 16.9. The Morgan fingerprint density at radius 3 is 2.40 bits per heavy atom. The van der Waals surface area contributed by atoms with Crippen molar-refractivity contribution >= 4 is 40.6 Å². The van der Waals surface area contributed by atoms with Gasteiger partial charge in [0.1, 0.15) is 5.75 Å². The summed E-state index contributed by atoms with van der Waals surface area (Å²) in [5, 5.41) is 16.3. The van der Waals surface area contributed by atoms with Crippen LogP contribution >= 0.6 is 23.4 Å². The molecule has 0 radical (unpaired) electrons. The lowest BCUT2D eigenvalue weighted by molar-refractivity contribution is -0.113. The quantitative estimate of drug-likeness (QED) is 0.275. The minimum Gasteiger partial charge on any atom is -0.497 e. The minimum absolute atomic E-state index is 0.154. The number of aryl methyl sites for hydroxylation is 2. The molecule has 4 aromatic rings. The zero-order chi connectivity index (χ0) is 24.8. The highest BCUT2D eigenvalue weighted by molar-refractivity contribution is 7.99. The molecule has 0 spiro atoms. The zero-order valence-electron chi connectivity index (χ0n) is 19.7. The van der Waals surface area contributed by atoms with Crippen LogP contribution in [0.15, 0.2) is 71.9 Å². The molecule has 0 saturated carbocycles. The second-order valence-corrected chi connectivity index (χ2v) is 9.30. The molecule has 1 heterocycles. The maximum atomic E-state index is 12.6. The first kappa shape index (κ1) is 24.6. The number of hydrogen-bond acceptors (Lipinski definition) is 6. The summed E-state index contributed by atoms with van der Waals surface area (Å²) < 4.78 is 7.24. The number of ether oxygens (including phenoxy) is 1. The lowest BCUT2D eigenvalue weighted by Crippen LogP contribution is -2.15. The maximum absolute atomic E-state index is 12.6. The largest absolute Gasteiger partial charge is 0.497 e. The van der Waals surface area contributed by atoms with Gasteiger partial charge in [0.05, 0.1) is 19.4 Å². The van der Waals surface area contributed by atoms with E-state index in [0.717, 1.165) is 28.5 Å². The number of hydrogen-bond donors (Lipinski definition) is 2. The van der Waals surface area contributed by atoms with Crippen molar-refractivity contribution in [2.24, 2.45) is 0 Å². The summed E-state index contributed by atoms with van der Waals surface area (Å²) in [4.78, 5) is 12.6. The van der Waals surface area contributed by atoms with Crippen molar-refractivity contribution < 1.29 is 9.53 Å². The molecule has 0 aliphatic rings. The van der Waals surface area contributed by atoms with Gasteiger partial charge in [0.2, 0.25) is 5.91 Å². The van der Waals surface area contributed by atoms with Gasteiger partial charge in [-0.05, 0) is 67.9 Å². The standard InChI is InChI=1S/C26H26ClN5O2S/c1-17-4-7-19(8-5-17)28-15-24-30-31-26(32(24)21-10-12-22(34-3)13-11-21)35-16-25(33)29-20-9-6-18(2)23(27)14-20/h4-14,28H,15-16H2,1-3H3,(H,29,33). The highest BCUT2D eigenvalue weighted by Gasteiger charge is 2.16. The summed E-state index contributed by atoms with van der Waals surface area (Å²) >= 11 is 7.49. The van der Waals surface area contributed by atoms with Crippen molar-refractivity contribution in [2.45, 2.75) is 25.5 Å². The summed E-state index contributed by atoms with van der Waals surface area (Å²) in [5.74, 6) is 1.50. The molecule has 9 heteroatoms. The maximum Gasteiger partial charge on any atom is 0.234 e. The molecule has 0 saturated heterocycles. The third-order valence-electron chi connectivity index (χ3n) is 5.32. The molecule has 4 rings (SSSR count). The van der Waals surface area contributed by atoms with Crippen LogP contribution in [0.5, 0.6) is 5.75 Å². The van der Waals surface area contributed by atoms with Crippen LogP contribution in [-0.4, -0.2) is 33.5 Å². The number of carbonyl (C=O) groups excluding carboxylic acids is 1. The Morgan fingerprint density at radius 2 is 1.71 bits per heavy atom. The van der Waals surface area contributed by atoms with E-state index in [1.807, 2.05) is 60.0 Å². The Hall–Kier alpha value is -3.49. The topological polar surface area (TPSA) is 81.1 Å². The molecule has 1 aromatic heterocycles. The lowest BCUT2D eigenvalue weighted by atomic mass is 10.2. The van der Waals surface area contributed by atoms with E-state index >= 15 is 0 Å². The van der Waals surface area contributed by atoms with E-state index in [2.05, 4.69) is 39.9 Å². The van der Waals surface area contributed by atoms with E-state index in [-0.39, 0.29) is 11.7 Å². The number of amides is 1. The second-order valence-electron chi connectivity index (χ2n) is 7.95. The number of nitrogens with one attached hydrogen (secondary N) is 2. The molecule has 2 N–H and O–H groups in total. The van der Waals surface area contributed by atoms with Crippen molar-refractivity contribution in [2.75, 3.05) is 23.5 Å². The molecular formula is C26H26ClN5O2S. The Morgan fingerprint density at radius 1 is 1.00 bits per heavy atom. The molecule has 7 nitrogen and oxygen atoms in total. The molecule has 0 unspecified atom stereocenters. The van der Waals surface area contributed by atoms with Gasteiger partial charge in [0, 0.05) is 22.1 Å². The molecule has 180 valence electrons. The highest BCUT2D eigenvalue weighted by atomic mass is 35.5. The fourth-order valence-corrected chi connectivity index (χ4v) is 4.30. The number of anilines is 2. The molecule has 0 aliphatic heterocycles. The van der Waals surface area contributed by atoms with Crippen LogP contribution in [0.25, 0.3) is 5.69 Å². The summed E-state index contributed by atoms with van der Waals surface area (Å²) in [6.07, 6.45) is 0. The number of halogens is 1. The smallest absolute Gasteiger partial charge is 0.234 e. The third-order valence-corrected chi connectivity index (χ3v) is 6.66. The van der Waals surface area contributed by atoms with E-state index in [0.29, 0.717) is 22.4 Å². The number of aromatic nitrogens is 3. The van der Waals surface area contributed by atoms with Crippen LogP contribution in [0.3, 0.4) is 0 Å². The first-order valence-corrected chi connectivity index (χ1v) is 12.4. The van der Waals surface area contributed by atoms with Gasteiger partial charge in [-0.15, -0.1) is 10.2 Å². The van der Waals surface area contributed by atoms with Gasteiger partial charge in [0.15, 0.2) is 11.0 Å². The number of methoxy groups -OCH3 is 1. The van der Waals surface area contributed by atoms with E-state index in [1.54, 1.807) is 13.2 Å². The van der Waals surface area contributed by atoms with Gasteiger partial charge in [-0.25, -0.2) is 0 Å². The van der Waals surface area contributed by atoms with Gasteiger partial charge in [-0.3, -0.25) is 9.36 Å². The number of nitrogens with zero attached hydrogens (tertiary/aromatic N) is 3. The SMILES string of the molecule is COc1ccc(-n2c(CNc3ccc(C)cc3)nnc2SCC(=O)Nc2ccc(C)c(Cl)c2)cc1. The van der Waals surface area contributed by atoms with Crippen LogP contribution in [0.2, 0.25) is 5.02 Å². The normalized spacial score (nSPS) is 10.7. The Kier molecular flexibility index (Phi) is 7.94. The van der Waals surface area contributed by atoms with E-state index in [1.165, 1.54) is 17.3 Å². The average Bonchev–Trinajstić information content (AvgIpc) is 3.27. The Bertz CT molecular complexity index is 1310. The molecule has 0 atom stereocenters. The van der Waals surface area contributed by atoms with Crippen LogP contribution in [0, 0.1) is 13.8 Å². The molecule has 0 fully saturated rings. The van der Waals surface area contributed by atoms with Crippen molar-refractivity contribution in [3.8, 4) is 11.4 Å². The fraction of sp³-hybridized carbons (Fsp3) is 0.192. The highest BCUT2D eigenvalue weighted by Crippen LogP contribution is 2.25. The summed E-state index contributed by atoms with van der Waals surface area (Å²) in [6.45, 7) is 4.44. The van der Waals surface area contributed by atoms with Crippen LogP contribution in [0.1, 0.15) is 17.0 Å². The summed E-state index contributed by atoms with van der Waals surface area (Å²) in [7, 11) is 1.63. The fourth-order valence-electron chi connectivity index (χ4n) is 3.35. The molecule has 0 bridgehead atoms.